The number of aliphatic hydroxyl groups excluding tert-OH is 1. The zero-order chi connectivity index (χ0) is 21.1. The number of aliphatic hydroxyl groups is 1. The maximum absolute atomic E-state index is 12.8. The molecule has 0 aliphatic carbocycles. The smallest absolute Gasteiger partial charge is 0.254 e. The second-order valence-electron chi connectivity index (χ2n) is 7.74. The van der Waals surface area contributed by atoms with Gasteiger partial charge in [0.25, 0.3) is 5.91 Å². The third kappa shape index (κ3) is 3.69. The highest BCUT2D eigenvalue weighted by molar-refractivity contribution is 5.97. The van der Waals surface area contributed by atoms with Crippen molar-refractivity contribution >= 4 is 11.8 Å². The third-order valence-electron chi connectivity index (χ3n) is 5.87. The molecule has 0 unspecified atom stereocenters. The van der Waals surface area contributed by atoms with Crippen LogP contribution in [-0.2, 0) is 4.79 Å². The Balaban J connectivity index is 1.54. The Kier molecular flexibility index (Phi) is 5.82. The topological polar surface area (TPSA) is 73.7 Å². The first-order valence-electron chi connectivity index (χ1n) is 10.3. The second-order valence-corrected chi connectivity index (χ2v) is 7.74. The lowest BCUT2D eigenvalue weighted by molar-refractivity contribution is -0.159. The Hall–Kier alpha value is -3.17. The number of piperazine rings is 1. The lowest BCUT2D eigenvalue weighted by atomic mass is 9.73. The first kappa shape index (κ1) is 20.1. The molecule has 1 N–H and O–H groups in total. The fourth-order valence-corrected chi connectivity index (χ4v) is 4.41. The summed E-state index contributed by atoms with van der Waals surface area (Å²) in [5.41, 5.74) is 2.54. The lowest BCUT2D eigenvalue weighted by Gasteiger charge is -2.58. The number of unbranched alkanes of at least 4 members (excludes halogenated alkanes) is 1. The van der Waals surface area contributed by atoms with Crippen LogP contribution in [0.3, 0.4) is 0 Å². The van der Waals surface area contributed by atoms with Gasteiger partial charge in [0.2, 0.25) is 5.91 Å². The van der Waals surface area contributed by atoms with E-state index in [9.17, 15) is 14.7 Å². The number of hydrogen-bond donors (Lipinski definition) is 1. The quantitative estimate of drug-likeness (QED) is 0.793. The minimum atomic E-state index is -0.252. The summed E-state index contributed by atoms with van der Waals surface area (Å²) < 4.78 is 0. The molecule has 154 valence electrons. The molecule has 1 aromatic carbocycles. The minimum Gasteiger partial charge on any atom is -0.394 e. The van der Waals surface area contributed by atoms with Crippen molar-refractivity contribution in [2.75, 3.05) is 19.7 Å². The largest absolute Gasteiger partial charge is 0.394 e. The summed E-state index contributed by atoms with van der Waals surface area (Å²) in [7, 11) is 0. The molecule has 0 spiro atoms. The van der Waals surface area contributed by atoms with Crippen molar-refractivity contribution in [3.63, 3.8) is 0 Å². The van der Waals surface area contributed by atoms with E-state index in [1.165, 1.54) is 0 Å². The summed E-state index contributed by atoms with van der Waals surface area (Å²) in [6, 6.07) is 10.9. The predicted octanol–water partition coefficient (Wildman–Crippen LogP) is 2.04. The molecule has 30 heavy (non-hydrogen) atoms. The molecular weight excluding hydrogens is 378 g/mol. The van der Waals surface area contributed by atoms with Gasteiger partial charge in [0.1, 0.15) is 6.54 Å². The van der Waals surface area contributed by atoms with E-state index in [2.05, 4.69) is 23.7 Å². The number of carbonyl (C=O) groups excluding carboxylic acids is 2. The van der Waals surface area contributed by atoms with E-state index in [0.29, 0.717) is 12.1 Å². The van der Waals surface area contributed by atoms with E-state index in [0.717, 1.165) is 24.0 Å². The standard InChI is InChI=1S/C24H25N3O3/c1-2-3-4-5-17-6-8-18(9-7-17)23-20-14-26(15-22(29)27(20)21(23)16-28)24(30)19-10-12-25-13-11-19/h6-13,20-21,23,28H,2-3,14-16H2,1H3/t20-,21-,23+/m1/s1. The van der Waals surface area contributed by atoms with Crippen molar-refractivity contribution in [2.45, 2.75) is 37.8 Å². The fourth-order valence-electron chi connectivity index (χ4n) is 4.41. The Morgan fingerprint density at radius 3 is 2.60 bits per heavy atom. The lowest BCUT2D eigenvalue weighted by Crippen LogP contribution is -2.73. The van der Waals surface area contributed by atoms with Gasteiger partial charge >= 0.3 is 0 Å². The van der Waals surface area contributed by atoms with Crippen molar-refractivity contribution in [1.29, 1.82) is 0 Å². The van der Waals surface area contributed by atoms with E-state index >= 15 is 0 Å². The van der Waals surface area contributed by atoms with Crippen LogP contribution in [0.1, 0.15) is 47.2 Å². The van der Waals surface area contributed by atoms with Gasteiger partial charge in [-0.25, -0.2) is 0 Å². The Bertz CT molecular complexity index is 978. The molecule has 1 aromatic heterocycles. The van der Waals surface area contributed by atoms with E-state index in [1.807, 2.05) is 24.3 Å². The molecule has 6 nitrogen and oxygen atoms in total. The first-order valence-corrected chi connectivity index (χ1v) is 10.3. The molecule has 6 heteroatoms. The average Bonchev–Trinajstić information content (AvgIpc) is 2.76. The summed E-state index contributed by atoms with van der Waals surface area (Å²) in [6.07, 6.45) is 5.05. The number of fused-ring (bicyclic) bond motifs is 1. The maximum Gasteiger partial charge on any atom is 0.254 e. The Morgan fingerprint density at radius 2 is 1.93 bits per heavy atom. The number of hydrogen-bond acceptors (Lipinski definition) is 4. The van der Waals surface area contributed by atoms with Crippen LogP contribution in [0.4, 0.5) is 0 Å². The zero-order valence-corrected chi connectivity index (χ0v) is 17.0. The molecule has 2 aromatic rings. The van der Waals surface area contributed by atoms with Crippen LogP contribution < -0.4 is 0 Å². The molecule has 3 heterocycles. The van der Waals surface area contributed by atoms with E-state index in [4.69, 9.17) is 0 Å². The van der Waals surface area contributed by atoms with Crippen LogP contribution in [0.15, 0.2) is 48.8 Å². The van der Waals surface area contributed by atoms with Crippen LogP contribution >= 0.6 is 0 Å². The molecule has 0 radical (unpaired) electrons. The highest BCUT2D eigenvalue weighted by Gasteiger charge is 2.54. The molecule has 2 fully saturated rings. The van der Waals surface area contributed by atoms with Gasteiger partial charge in [0.05, 0.1) is 18.7 Å². The van der Waals surface area contributed by atoms with Gasteiger partial charge < -0.3 is 14.9 Å². The SMILES string of the molecule is CCCC#Cc1ccc([C@@H]2[C@@H](CO)N3C(=O)CN(C(=O)c4ccncc4)C[C@H]23)cc1. The number of aromatic nitrogens is 1. The number of pyridine rings is 1. The Morgan fingerprint density at radius 1 is 1.20 bits per heavy atom. The van der Waals surface area contributed by atoms with Gasteiger partial charge in [-0.15, -0.1) is 0 Å². The highest BCUT2D eigenvalue weighted by atomic mass is 16.3. The molecule has 0 saturated carbocycles. The van der Waals surface area contributed by atoms with Crippen LogP contribution in [0.5, 0.6) is 0 Å². The van der Waals surface area contributed by atoms with Crippen molar-refractivity contribution in [3.8, 4) is 11.8 Å². The van der Waals surface area contributed by atoms with Crippen molar-refractivity contribution in [3.05, 3.63) is 65.5 Å². The monoisotopic (exact) mass is 403 g/mol. The van der Waals surface area contributed by atoms with Crippen molar-refractivity contribution in [1.82, 2.24) is 14.8 Å². The van der Waals surface area contributed by atoms with Gasteiger partial charge in [0.15, 0.2) is 0 Å². The van der Waals surface area contributed by atoms with Gasteiger partial charge in [-0.05, 0) is 36.2 Å². The van der Waals surface area contributed by atoms with Gasteiger partial charge in [-0.1, -0.05) is 30.9 Å². The van der Waals surface area contributed by atoms with Gasteiger partial charge in [-0.3, -0.25) is 14.6 Å². The van der Waals surface area contributed by atoms with Crippen LogP contribution in [0.25, 0.3) is 0 Å². The average molecular weight is 403 g/mol. The first-order chi connectivity index (χ1) is 14.6. The molecule has 2 aliphatic heterocycles. The summed E-state index contributed by atoms with van der Waals surface area (Å²) in [4.78, 5) is 32.9. The number of carbonyl (C=O) groups is 2. The third-order valence-corrected chi connectivity index (χ3v) is 5.87. The second kappa shape index (κ2) is 8.68. The molecular formula is C24H25N3O3. The number of rotatable bonds is 4. The highest BCUT2D eigenvalue weighted by Crippen LogP contribution is 2.43. The molecule has 4 rings (SSSR count). The van der Waals surface area contributed by atoms with E-state index in [-0.39, 0.29) is 43.0 Å². The minimum absolute atomic E-state index is 0.00959. The molecule has 0 bridgehead atoms. The summed E-state index contributed by atoms with van der Waals surface area (Å²) in [6.45, 7) is 2.49. The summed E-state index contributed by atoms with van der Waals surface area (Å²) >= 11 is 0. The molecule has 3 atom stereocenters. The van der Waals surface area contributed by atoms with Crippen LogP contribution in [-0.4, -0.2) is 63.5 Å². The van der Waals surface area contributed by atoms with Crippen molar-refractivity contribution in [2.24, 2.45) is 0 Å². The predicted molar refractivity (Wildman–Crippen MR) is 113 cm³/mol. The summed E-state index contributed by atoms with van der Waals surface area (Å²) in [5.74, 6) is 6.00. The normalized spacial score (nSPS) is 22.6. The van der Waals surface area contributed by atoms with E-state index in [1.54, 1.807) is 34.3 Å². The fraction of sp³-hybridized carbons (Fsp3) is 0.375. The Labute approximate surface area is 176 Å². The number of nitrogens with zero attached hydrogens (tertiary/aromatic N) is 3. The summed E-state index contributed by atoms with van der Waals surface area (Å²) in [5, 5.41) is 9.92. The van der Waals surface area contributed by atoms with Crippen LogP contribution in [0, 0.1) is 11.8 Å². The van der Waals surface area contributed by atoms with E-state index < -0.39 is 0 Å². The molecule has 2 aliphatic rings. The molecule has 2 amide bonds. The van der Waals surface area contributed by atoms with Gasteiger partial charge in [0, 0.05) is 42.4 Å². The van der Waals surface area contributed by atoms with Gasteiger partial charge in [-0.2, -0.15) is 0 Å². The maximum atomic E-state index is 12.8. The molecule has 2 saturated heterocycles. The van der Waals surface area contributed by atoms with Crippen LogP contribution in [0.2, 0.25) is 0 Å². The zero-order valence-electron chi connectivity index (χ0n) is 17.0. The van der Waals surface area contributed by atoms with Crippen molar-refractivity contribution < 1.29 is 14.7 Å². The number of benzene rings is 1. The number of amides is 2.